The molecule has 0 aliphatic heterocycles. The summed E-state index contributed by atoms with van der Waals surface area (Å²) >= 11 is 0. The molecule has 0 aliphatic carbocycles. The van der Waals surface area contributed by atoms with Crippen molar-refractivity contribution in [1.29, 1.82) is 0 Å². The maximum Gasteiger partial charge on any atom is 0.405 e. The minimum absolute atomic E-state index is 0.0631. The first-order valence-electron chi connectivity index (χ1n) is 7.57. The van der Waals surface area contributed by atoms with Gasteiger partial charge < -0.3 is 5.32 Å². The number of carbonyl (C=O) groups is 1. The minimum atomic E-state index is -4.52. The number of sulfonamides is 1. The van der Waals surface area contributed by atoms with E-state index >= 15 is 0 Å². The van der Waals surface area contributed by atoms with Gasteiger partial charge in [-0.05, 0) is 36.8 Å². The van der Waals surface area contributed by atoms with E-state index < -0.39 is 28.7 Å². The van der Waals surface area contributed by atoms with E-state index in [2.05, 4.69) is 4.72 Å². The second-order valence-corrected chi connectivity index (χ2v) is 7.40. The summed E-state index contributed by atoms with van der Waals surface area (Å²) in [6.45, 7) is 0.530. The summed E-state index contributed by atoms with van der Waals surface area (Å²) < 4.78 is 63.3. The molecule has 0 atom stereocenters. The first-order chi connectivity index (χ1) is 12.1. The zero-order valence-electron chi connectivity index (χ0n) is 13.8. The van der Waals surface area contributed by atoms with Crippen molar-refractivity contribution in [2.75, 3.05) is 6.54 Å². The maximum atomic E-state index is 12.3. The quantitative estimate of drug-likeness (QED) is 0.802. The van der Waals surface area contributed by atoms with Crippen LogP contribution >= 0.6 is 0 Å². The molecule has 0 aliphatic rings. The zero-order valence-corrected chi connectivity index (χ0v) is 14.6. The van der Waals surface area contributed by atoms with Gasteiger partial charge in [0.2, 0.25) is 10.0 Å². The lowest BCUT2D eigenvalue weighted by Crippen LogP contribution is -2.33. The summed E-state index contributed by atoms with van der Waals surface area (Å²) in [6, 6.07) is 12.0. The Kier molecular flexibility index (Phi) is 6.04. The number of benzene rings is 2. The Balaban J connectivity index is 2.03. The van der Waals surface area contributed by atoms with Crippen molar-refractivity contribution in [2.24, 2.45) is 0 Å². The van der Waals surface area contributed by atoms with Crippen LogP contribution in [0.15, 0.2) is 53.4 Å². The molecule has 0 spiro atoms. The van der Waals surface area contributed by atoms with Gasteiger partial charge in [-0.1, -0.05) is 29.8 Å². The van der Waals surface area contributed by atoms with Crippen LogP contribution in [-0.4, -0.2) is 27.0 Å². The molecule has 0 unspecified atom stereocenters. The van der Waals surface area contributed by atoms with E-state index in [-0.39, 0.29) is 17.0 Å². The molecular formula is C17H17F3N2O3S. The summed E-state index contributed by atoms with van der Waals surface area (Å²) in [5.41, 5.74) is 1.72. The molecule has 2 N–H and O–H groups in total. The highest BCUT2D eigenvalue weighted by Crippen LogP contribution is 2.14. The standard InChI is InChI=1S/C17H17F3N2O3S/c1-12-3-2-4-13(9-12)10-22-26(24,25)15-7-5-14(6-8-15)16(23)21-11-17(18,19)20/h2-9,22H,10-11H2,1H3,(H,21,23). The van der Waals surface area contributed by atoms with Crippen LogP contribution in [0.25, 0.3) is 0 Å². The lowest BCUT2D eigenvalue weighted by atomic mass is 10.1. The first-order valence-corrected chi connectivity index (χ1v) is 9.05. The lowest BCUT2D eigenvalue weighted by molar-refractivity contribution is -0.123. The summed E-state index contributed by atoms with van der Waals surface area (Å²) in [4.78, 5) is 11.5. The third-order valence-electron chi connectivity index (χ3n) is 3.42. The Hall–Kier alpha value is -2.39. The number of rotatable bonds is 6. The van der Waals surface area contributed by atoms with Crippen LogP contribution in [0.1, 0.15) is 21.5 Å². The molecule has 0 saturated carbocycles. The van der Waals surface area contributed by atoms with Crippen molar-refractivity contribution in [3.63, 3.8) is 0 Å². The largest absolute Gasteiger partial charge is 0.405 e. The van der Waals surface area contributed by atoms with Gasteiger partial charge in [-0.25, -0.2) is 13.1 Å². The Morgan fingerprint density at radius 1 is 1.08 bits per heavy atom. The van der Waals surface area contributed by atoms with Gasteiger partial charge in [-0.3, -0.25) is 4.79 Å². The molecule has 0 radical (unpaired) electrons. The van der Waals surface area contributed by atoms with Crippen molar-refractivity contribution < 1.29 is 26.4 Å². The Bertz CT molecular complexity index is 879. The molecule has 0 heterocycles. The molecule has 1 amide bonds. The number of nitrogens with one attached hydrogen (secondary N) is 2. The fourth-order valence-electron chi connectivity index (χ4n) is 2.15. The van der Waals surface area contributed by atoms with E-state index in [0.717, 1.165) is 23.3 Å². The van der Waals surface area contributed by atoms with Gasteiger partial charge in [0, 0.05) is 12.1 Å². The number of hydrogen-bond acceptors (Lipinski definition) is 3. The second kappa shape index (κ2) is 7.88. The molecule has 0 fully saturated rings. The third-order valence-corrected chi connectivity index (χ3v) is 4.84. The van der Waals surface area contributed by atoms with E-state index in [4.69, 9.17) is 0 Å². The number of aryl methyl sites for hydroxylation is 1. The molecule has 9 heteroatoms. The molecule has 0 bridgehead atoms. The Morgan fingerprint density at radius 2 is 1.73 bits per heavy atom. The molecule has 2 aromatic rings. The van der Waals surface area contributed by atoms with Crippen LogP contribution in [0, 0.1) is 6.92 Å². The number of hydrogen-bond donors (Lipinski definition) is 2. The van der Waals surface area contributed by atoms with E-state index in [1.807, 2.05) is 25.1 Å². The van der Waals surface area contributed by atoms with Crippen LogP contribution in [0.4, 0.5) is 13.2 Å². The normalized spacial score (nSPS) is 12.0. The van der Waals surface area contributed by atoms with Crippen molar-refractivity contribution in [1.82, 2.24) is 10.0 Å². The summed E-state index contributed by atoms with van der Waals surface area (Å²) in [5.74, 6) is -0.931. The summed E-state index contributed by atoms with van der Waals surface area (Å²) in [7, 11) is -3.81. The third kappa shape index (κ3) is 5.85. The minimum Gasteiger partial charge on any atom is -0.343 e. The highest BCUT2D eigenvalue weighted by Gasteiger charge is 2.28. The zero-order chi connectivity index (χ0) is 19.4. The number of amides is 1. The molecule has 5 nitrogen and oxygen atoms in total. The van der Waals surface area contributed by atoms with Gasteiger partial charge >= 0.3 is 6.18 Å². The highest BCUT2D eigenvalue weighted by molar-refractivity contribution is 7.89. The molecule has 140 valence electrons. The average Bonchev–Trinajstić information content (AvgIpc) is 2.57. The van der Waals surface area contributed by atoms with Crippen LogP contribution in [-0.2, 0) is 16.6 Å². The Morgan fingerprint density at radius 3 is 2.31 bits per heavy atom. The number of halogens is 3. The van der Waals surface area contributed by atoms with Crippen LogP contribution in [0.2, 0.25) is 0 Å². The van der Waals surface area contributed by atoms with E-state index in [0.29, 0.717) is 0 Å². The second-order valence-electron chi connectivity index (χ2n) is 5.64. The topological polar surface area (TPSA) is 75.3 Å². The van der Waals surface area contributed by atoms with Crippen LogP contribution in [0.5, 0.6) is 0 Å². The predicted molar refractivity (Wildman–Crippen MR) is 90.0 cm³/mol. The van der Waals surface area contributed by atoms with Gasteiger partial charge in [-0.2, -0.15) is 13.2 Å². The lowest BCUT2D eigenvalue weighted by Gasteiger charge is -2.10. The van der Waals surface area contributed by atoms with Crippen LogP contribution < -0.4 is 10.0 Å². The van der Waals surface area contributed by atoms with Gasteiger partial charge in [0.05, 0.1) is 4.90 Å². The predicted octanol–water partition coefficient (Wildman–Crippen LogP) is 2.77. The van der Waals surface area contributed by atoms with Gasteiger partial charge in [0.25, 0.3) is 5.91 Å². The van der Waals surface area contributed by atoms with Crippen LogP contribution in [0.3, 0.4) is 0 Å². The summed E-state index contributed by atoms with van der Waals surface area (Å²) in [5, 5.41) is 1.72. The molecule has 0 saturated heterocycles. The van der Waals surface area contributed by atoms with Gasteiger partial charge in [0.15, 0.2) is 0 Å². The molecule has 0 aromatic heterocycles. The first kappa shape index (κ1) is 19.9. The van der Waals surface area contributed by atoms with Gasteiger partial charge in [0.1, 0.15) is 6.54 Å². The van der Waals surface area contributed by atoms with Crippen molar-refractivity contribution >= 4 is 15.9 Å². The van der Waals surface area contributed by atoms with Crippen molar-refractivity contribution in [3.8, 4) is 0 Å². The smallest absolute Gasteiger partial charge is 0.343 e. The monoisotopic (exact) mass is 386 g/mol. The van der Waals surface area contributed by atoms with E-state index in [9.17, 15) is 26.4 Å². The van der Waals surface area contributed by atoms with E-state index in [1.165, 1.54) is 12.1 Å². The average molecular weight is 386 g/mol. The highest BCUT2D eigenvalue weighted by atomic mass is 32.2. The SMILES string of the molecule is Cc1cccc(CNS(=O)(=O)c2ccc(C(=O)NCC(F)(F)F)cc2)c1. The van der Waals surface area contributed by atoms with Gasteiger partial charge in [-0.15, -0.1) is 0 Å². The van der Waals surface area contributed by atoms with E-state index in [1.54, 1.807) is 11.4 Å². The fraction of sp³-hybridized carbons (Fsp3) is 0.235. The molecular weight excluding hydrogens is 369 g/mol. The number of carbonyl (C=O) groups excluding carboxylic acids is 1. The van der Waals surface area contributed by atoms with Crippen molar-refractivity contribution in [3.05, 3.63) is 65.2 Å². The fourth-order valence-corrected chi connectivity index (χ4v) is 3.17. The molecule has 2 rings (SSSR count). The Labute approximate surface area is 149 Å². The number of alkyl halides is 3. The molecule has 26 heavy (non-hydrogen) atoms. The maximum absolute atomic E-state index is 12.3. The molecule has 2 aromatic carbocycles. The summed E-state index contributed by atoms with van der Waals surface area (Å²) in [6.07, 6.45) is -4.52. The van der Waals surface area contributed by atoms with Crippen molar-refractivity contribution in [2.45, 2.75) is 24.5 Å².